The first-order valence-electron chi connectivity index (χ1n) is 7.60. The van der Waals surface area contributed by atoms with Gasteiger partial charge in [0.15, 0.2) is 0 Å². The molecule has 1 aromatic carbocycles. The van der Waals surface area contributed by atoms with Gasteiger partial charge in [0.1, 0.15) is 0 Å². The minimum atomic E-state index is -0.0940. The number of carbonyl (C=O) groups excluding carboxylic acids is 2. The summed E-state index contributed by atoms with van der Waals surface area (Å²) < 4.78 is 0. The summed E-state index contributed by atoms with van der Waals surface area (Å²) in [7, 11) is 0. The average Bonchev–Trinajstić information content (AvgIpc) is 2.54. The van der Waals surface area contributed by atoms with Crippen LogP contribution in [-0.2, 0) is 4.79 Å². The molecule has 1 aliphatic heterocycles. The lowest BCUT2D eigenvalue weighted by Crippen LogP contribution is -2.39. The summed E-state index contributed by atoms with van der Waals surface area (Å²) in [5.74, 6) is 0.0293. The summed E-state index contributed by atoms with van der Waals surface area (Å²) in [4.78, 5) is 25.8. The zero-order chi connectivity index (χ0) is 15.1. The van der Waals surface area contributed by atoms with Crippen LogP contribution in [-0.4, -0.2) is 42.9 Å². The smallest absolute Gasteiger partial charge is 0.251 e. The van der Waals surface area contributed by atoms with Crippen molar-refractivity contribution in [1.29, 1.82) is 0 Å². The Bertz CT molecular complexity index is 496. The Kier molecular flexibility index (Phi) is 5.60. The molecule has 5 heteroatoms. The molecule has 1 saturated heterocycles. The van der Waals surface area contributed by atoms with Crippen molar-refractivity contribution in [3.63, 3.8) is 0 Å². The summed E-state index contributed by atoms with van der Waals surface area (Å²) >= 11 is 0. The van der Waals surface area contributed by atoms with Gasteiger partial charge in [-0.2, -0.15) is 0 Å². The van der Waals surface area contributed by atoms with E-state index in [0.29, 0.717) is 12.1 Å². The number of hydrogen-bond donors (Lipinski definition) is 2. The molecule has 1 aliphatic rings. The maximum atomic E-state index is 12.1. The van der Waals surface area contributed by atoms with Crippen molar-refractivity contribution in [3.8, 4) is 0 Å². The predicted octanol–water partition coefficient (Wildman–Crippen LogP) is 1.86. The lowest BCUT2D eigenvalue weighted by atomic mass is 10.1. The zero-order valence-corrected chi connectivity index (χ0v) is 12.5. The van der Waals surface area contributed by atoms with Crippen molar-refractivity contribution in [2.75, 3.05) is 31.5 Å². The summed E-state index contributed by atoms with van der Waals surface area (Å²) in [6, 6.07) is 7.22. The van der Waals surface area contributed by atoms with E-state index in [1.807, 2.05) is 24.0 Å². The van der Waals surface area contributed by atoms with Crippen LogP contribution in [0.4, 0.5) is 5.69 Å². The first-order valence-corrected chi connectivity index (χ1v) is 7.60. The minimum Gasteiger partial charge on any atom is -0.376 e. The lowest BCUT2D eigenvalue weighted by Gasteiger charge is -2.26. The predicted molar refractivity (Wildman–Crippen MR) is 83.4 cm³/mol. The number of anilines is 1. The second-order valence-corrected chi connectivity index (χ2v) is 5.24. The molecule has 5 nitrogen and oxygen atoms in total. The lowest BCUT2D eigenvalue weighted by molar-refractivity contribution is -0.130. The maximum Gasteiger partial charge on any atom is 0.251 e. The minimum absolute atomic E-state index is 0.0940. The third-order valence-electron chi connectivity index (χ3n) is 3.61. The molecule has 114 valence electrons. The van der Waals surface area contributed by atoms with Gasteiger partial charge in [-0.1, -0.05) is 6.07 Å². The SMILES string of the molecule is CCNC(=O)c1cccc(NCC(=O)N2CCCCC2)c1. The molecule has 1 aromatic rings. The van der Waals surface area contributed by atoms with Crippen LogP contribution in [0.25, 0.3) is 0 Å². The van der Waals surface area contributed by atoms with E-state index in [0.717, 1.165) is 31.6 Å². The second-order valence-electron chi connectivity index (χ2n) is 5.24. The van der Waals surface area contributed by atoms with Crippen LogP contribution in [0.15, 0.2) is 24.3 Å². The van der Waals surface area contributed by atoms with Gasteiger partial charge < -0.3 is 15.5 Å². The van der Waals surface area contributed by atoms with Gasteiger partial charge in [0.05, 0.1) is 6.54 Å². The quantitative estimate of drug-likeness (QED) is 0.870. The molecule has 1 heterocycles. The zero-order valence-electron chi connectivity index (χ0n) is 12.5. The number of likely N-dealkylation sites (tertiary alicyclic amines) is 1. The van der Waals surface area contributed by atoms with Gasteiger partial charge in [-0.3, -0.25) is 9.59 Å². The van der Waals surface area contributed by atoms with Gasteiger partial charge in [0.25, 0.3) is 5.91 Å². The van der Waals surface area contributed by atoms with Crippen LogP contribution in [0.2, 0.25) is 0 Å². The van der Waals surface area contributed by atoms with Crippen molar-refractivity contribution < 1.29 is 9.59 Å². The molecule has 0 bridgehead atoms. The molecule has 0 aliphatic carbocycles. The maximum absolute atomic E-state index is 12.1. The van der Waals surface area contributed by atoms with Gasteiger partial charge >= 0.3 is 0 Å². The summed E-state index contributed by atoms with van der Waals surface area (Å²) in [6.07, 6.45) is 3.41. The third kappa shape index (κ3) is 4.48. The molecule has 0 saturated carbocycles. The molecule has 0 aromatic heterocycles. The molecule has 0 radical (unpaired) electrons. The highest BCUT2D eigenvalue weighted by Crippen LogP contribution is 2.12. The normalized spacial score (nSPS) is 14.6. The van der Waals surface area contributed by atoms with Crippen molar-refractivity contribution >= 4 is 17.5 Å². The first-order chi connectivity index (χ1) is 10.2. The number of carbonyl (C=O) groups is 2. The topological polar surface area (TPSA) is 61.4 Å². The monoisotopic (exact) mass is 289 g/mol. The van der Waals surface area contributed by atoms with E-state index in [2.05, 4.69) is 10.6 Å². The van der Waals surface area contributed by atoms with E-state index in [1.54, 1.807) is 12.1 Å². The highest BCUT2D eigenvalue weighted by molar-refractivity contribution is 5.95. The fourth-order valence-corrected chi connectivity index (χ4v) is 2.47. The molecule has 1 fully saturated rings. The molecule has 0 atom stereocenters. The number of benzene rings is 1. The number of nitrogens with zero attached hydrogens (tertiary/aromatic N) is 1. The number of amides is 2. The highest BCUT2D eigenvalue weighted by atomic mass is 16.2. The van der Waals surface area contributed by atoms with Gasteiger partial charge in [0.2, 0.25) is 5.91 Å². The highest BCUT2D eigenvalue weighted by Gasteiger charge is 2.15. The molecule has 0 spiro atoms. The third-order valence-corrected chi connectivity index (χ3v) is 3.61. The molecule has 0 unspecified atom stereocenters. The van der Waals surface area contributed by atoms with E-state index < -0.39 is 0 Å². The largest absolute Gasteiger partial charge is 0.376 e. The van der Waals surface area contributed by atoms with Crippen molar-refractivity contribution in [3.05, 3.63) is 29.8 Å². The van der Waals surface area contributed by atoms with Crippen LogP contribution in [0.3, 0.4) is 0 Å². The Labute approximate surface area is 125 Å². The van der Waals surface area contributed by atoms with Gasteiger partial charge in [-0.25, -0.2) is 0 Å². The molecular formula is C16H23N3O2. The Hall–Kier alpha value is -2.04. The van der Waals surface area contributed by atoms with Crippen molar-refractivity contribution in [2.24, 2.45) is 0 Å². The number of rotatable bonds is 5. The Morgan fingerprint density at radius 2 is 1.95 bits per heavy atom. The Balaban J connectivity index is 1.89. The van der Waals surface area contributed by atoms with Crippen LogP contribution in [0.1, 0.15) is 36.5 Å². The standard InChI is InChI=1S/C16H23N3O2/c1-2-17-16(21)13-7-6-8-14(11-13)18-12-15(20)19-9-4-3-5-10-19/h6-8,11,18H,2-5,9-10,12H2,1H3,(H,17,21). The van der Waals surface area contributed by atoms with Crippen molar-refractivity contribution in [2.45, 2.75) is 26.2 Å². The van der Waals surface area contributed by atoms with Gasteiger partial charge in [-0.15, -0.1) is 0 Å². The average molecular weight is 289 g/mol. The fourth-order valence-electron chi connectivity index (χ4n) is 2.47. The van der Waals surface area contributed by atoms with Gasteiger partial charge in [0, 0.05) is 30.9 Å². The van der Waals surface area contributed by atoms with E-state index in [-0.39, 0.29) is 18.4 Å². The molecular weight excluding hydrogens is 266 g/mol. The fraction of sp³-hybridized carbons (Fsp3) is 0.500. The van der Waals surface area contributed by atoms with E-state index >= 15 is 0 Å². The number of piperidine rings is 1. The summed E-state index contributed by atoms with van der Waals surface area (Å²) in [6.45, 7) is 4.49. The molecule has 2 N–H and O–H groups in total. The molecule has 21 heavy (non-hydrogen) atoms. The molecule has 2 rings (SSSR count). The van der Waals surface area contributed by atoms with Gasteiger partial charge in [-0.05, 0) is 44.4 Å². The van der Waals surface area contributed by atoms with E-state index in [4.69, 9.17) is 0 Å². The summed E-state index contributed by atoms with van der Waals surface area (Å²) in [5, 5.41) is 5.87. The number of hydrogen-bond acceptors (Lipinski definition) is 3. The Morgan fingerprint density at radius 3 is 2.67 bits per heavy atom. The van der Waals surface area contributed by atoms with Crippen LogP contribution < -0.4 is 10.6 Å². The Morgan fingerprint density at radius 1 is 1.19 bits per heavy atom. The molecule has 2 amide bonds. The first kappa shape index (κ1) is 15.4. The van der Waals surface area contributed by atoms with E-state index in [9.17, 15) is 9.59 Å². The second kappa shape index (κ2) is 7.67. The van der Waals surface area contributed by atoms with Crippen LogP contribution in [0.5, 0.6) is 0 Å². The van der Waals surface area contributed by atoms with Crippen molar-refractivity contribution in [1.82, 2.24) is 10.2 Å². The van der Waals surface area contributed by atoms with Crippen LogP contribution >= 0.6 is 0 Å². The summed E-state index contributed by atoms with van der Waals surface area (Å²) in [5.41, 5.74) is 1.40. The number of nitrogens with one attached hydrogen (secondary N) is 2. The van der Waals surface area contributed by atoms with E-state index in [1.165, 1.54) is 6.42 Å². The van der Waals surface area contributed by atoms with Crippen LogP contribution in [0, 0.1) is 0 Å².